The molecule has 3 aromatic carbocycles. The number of benzene rings is 3. The van der Waals surface area contributed by atoms with E-state index in [1.54, 1.807) is 49.2 Å². The summed E-state index contributed by atoms with van der Waals surface area (Å²) in [5, 5.41) is 11.4. The van der Waals surface area contributed by atoms with E-state index in [1.165, 1.54) is 12.1 Å². The van der Waals surface area contributed by atoms with Crippen LogP contribution >= 0.6 is 11.6 Å². The van der Waals surface area contributed by atoms with Crippen molar-refractivity contribution in [3.63, 3.8) is 0 Å². The van der Waals surface area contributed by atoms with Crippen LogP contribution in [0.2, 0.25) is 5.02 Å². The summed E-state index contributed by atoms with van der Waals surface area (Å²) < 4.78 is 25.9. The standard InChI is InChI=1S/C27H25ClFN5O3/c1-36-23-12-3-16(13-24(23)37-2)14-25(35)31-26-32-27-30-21(17-4-8-19(28)9-5-17)15-22(34(27)33-26)18-6-10-20(29)11-7-18/h3-13,21-22H,14-15H2,1-2H3,(H2,30,31,32,33,35). The van der Waals surface area contributed by atoms with Gasteiger partial charge in [-0.3, -0.25) is 10.1 Å². The summed E-state index contributed by atoms with van der Waals surface area (Å²) in [7, 11) is 3.10. The molecule has 1 aromatic heterocycles. The maximum absolute atomic E-state index is 13.6. The van der Waals surface area contributed by atoms with Crippen molar-refractivity contribution >= 4 is 29.4 Å². The summed E-state index contributed by atoms with van der Waals surface area (Å²) in [6.45, 7) is 0. The summed E-state index contributed by atoms with van der Waals surface area (Å²) in [5.74, 6) is 1.22. The van der Waals surface area contributed by atoms with E-state index >= 15 is 0 Å². The maximum atomic E-state index is 13.6. The molecule has 1 aliphatic heterocycles. The first-order valence-corrected chi connectivity index (χ1v) is 12.1. The minimum Gasteiger partial charge on any atom is -0.493 e. The molecule has 10 heteroatoms. The molecule has 0 fully saturated rings. The third-order valence-corrected chi connectivity index (χ3v) is 6.53. The van der Waals surface area contributed by atoms with E-state index < -0.39 is 0 Å². The number of halogens is 2. The fourth-order valence-electron chi connectivity index (χ4n) is 4.45. The van der Waals surface area contributed by atoms with E-state index in [0.29, 0.717) is 28.9 Å². The molecule has 2 heterocycles. The van der Waals surface area contributed by atoms with E-state index in [0.717, 1.165) is 16.7 Å². The summed E-state index contributed by atoms with van der Waals surface area (Å²) >= 11 is 6.08. The van der Waals surface area contributed by atoms with Crippen LogP contribution in [0, 0.1) is 5.82 Å². The molecule has 4 aromatic rings. The van der Waals surface area contributed by atoms with Gasteiger partial charge in [0.2, 0.25) is 11.9 Å². The first kappa shape index (κ1) is 24.6. The van der Waals surface area contributed by atoms with Crippen molar-refractivity contribution in [3.8, 4) is 11.5 Å². The first-order chi connectivity index (χ1) is 17.9. The van der Waals surface area contributed by atoms with Crippen LogP contribution in [-0.2, 0) is 11.2 Å². The Morgan fingerprint density at radius 1 is 1.05 bits per heavy atom. The van der Waals surface area contributed by atoms with Crippen LogP contribution < -0.4 is 20.1 Å². The van der Waals surface area contributed by atoms with Crippen LogP contribution in [0.5, 0.6) is 11.5 Å². The molecule has 5 rings (SSSR count). The van der Waals surface area contributed by atoms with Crippen molar-refractivity contribution < 1.29 is 18.7 Å². The lowest BCUT2D eigenvalue weighted by atomic mass is 9.93. The molecule has 0 spiro atoms. The zero-order valence-corrected chi connectivity index (χ0v) is 21.0. The molecule has 2 N–H and O–H groups in total. The Morgan fingerprint density at radius 2 is 1.76 bits per heavy atom. The second-order valence-corrected chi connectivity index (χ2v) is 9.11. The summed E-state index contributed by atoms with van der Waals surface area (Å²) in [6.07, 6.45) is 0.745. The number of amides is 1. The Hall–Kier alpha value is -4.11. The normalized spacial score (nSPS) is 16.4. The van der Waals surface area contributed by atoms with Crippen molar-refractivity contribution in [2.24, 2.45) is 0 Å². The number of carbonyl (C=O) groups excluding carboxylic acids is 1. The van der Waals surface area contributed by atoms with E-state index in [4.69, 9.17) is 21.1 Å². The third-order valence-electron chi connectivity index (χ3n) is 6.28. The highest BCUT2D eigenvalue weighted by Gasteiger charge is 2.31. The monoisotopic (exact) mass is 521 g/mol. The van der Waals surface area contributed by atoms with Gasteiger partial charge in [0, 0.05) is 5.02 Å². The molecule has 37 heavy (non-hydrogen) atoms. The number of hydrogen-bond acceptors (Lipinski definition) is 6. The number of fused-ring (bicyclic) bond motifs is 1. The molecular weight excluding hydrogens is 497 g/mol. The summed E-state index contributed by atoms with van der Waals surface area (Å²) in [4.78, 5) is 17.4. The molecule has 190 valence electrons. The number of nitrogens with zero attached hydrogens (tertiary/aromatic N) is 3. The molecule has 0 aliphatic carbocycles. The van der Waals surface area contributed by atoms with Gasteiger partial charge in [0.05, 0.1) is 32.7 Å². The minimum absolute atomic E-state index is 0.0839. The molecular formula is C27H25ClFN5O3. The van der Waals surface area contributed by atoms with Crippen molar-refractivity contribution in [1.29, 1.82) is 0 Å². The van der Waals surface area contributed by atoms with Crippen molar-refractivity contribution in [2.75, 3.05) is 24.9 Å². The van der Waals surface area contributed by atoms with Crippen molar-refractivity contribution in [3.05, 3.63) is 94.3 Å². The molecule has 8 nitrogen and oxygen atoms in total. The second kappa shape index (κ2) is 10.5. The predicted octanol–water partition coefficient (Wildman–Crippen LogP) is 5.42. The highest BCUT2D eigenvalue weighted by molar-refractivity contribution is 6.30. The Labute approximate surface area is 218 Å². The Morgan fingerprint density at radius 3 is 2.46 bits per heavy atom. The van der Waals surface area contributed by atoms with Crippen LogP contribution in [0.4, 0.5) is 16.3 Å². The summed E-state index contributed by atoms with van der Waals surface area (Å²) in [6, 6.07) is 18.9. The fraction of sp³-hybridized carbons (Fsp3) is 0.222. The molecule has 0 saturated carbocycles. The lowest BCUT2D eigenvalue weighted by Crippen LogP contribution is -2.28. The van der Waals surface area contributed by atoms with E-state index in [1.807, 2.05) is 24.3 Å². The summed E-state index contributed by atoms with van der Waals surface area (Å²) in [5.41, 5.74) is 2.67. The number of aromatic nitrogens is 3. The van der Waals surface area contributed by atoms with Crippen molar-refractivity contribution in [1.82, 2.24) is 14.8 Å². The first-order valence-electron chi connectivity index (χ1n) is 11.7. The largest absolute Gasteiger partial charge is 0.493 e. The third kappa shape index (κ3) is 5.36. The maximum Gasteiger partial charge on any atom is 0.250 e. The molecule has 0 radical (unpaired) electrons. The Kier molecular flexibility index (Phi) is 6.96. The van der Waals surface area contributed by atoms with Gasteiger partial charge in [0.25, 0.3) is 5.95 Å². The van der Waals surface area contributed by atoms with Gasteiger partial charge in [-0.05, 0) is 59.5 Å². The molecule has 1 amide bonds. The topological polar surface area (TPSA) is 90.3 Å². The molecule has 1 aliphatic rings. The van der Waals surface area contributed by atoms with Gasteiger partial charge in [-0.25, -0.2) is 9.07 Å². The molecule has 2 unspecified atom stereocenters. The van der Waals surface area contributed by atoms with Gasteiger partial charge in [-0.1, -0.05) is 41.9 Å². The van der Waals surface area contributed by atoms with Gasteiger partial charge < -0.3 is 14.8 Å². The lowest BCUT2D eigenvalue weighted by Gasteiger charge is -2.31. The number of ether oxygens (including phenoxy) is 2. The average Bonchev–Trinajstić information content (AvgIpc) is 3.31. The van der Waals surface area contributed by atoms with Crippen LogP contribution in [-0.4, -0.2) is 34.9 Å². The number of rotatable bonds is 7. The Balaban J connectivity index is 1.39. The number of nitrogens with one attached hydrogen (secondary N) is 2. The zero-order valence-electron chi connectivity index (χ0n) is 20.2. The molecule has 0 saturated heterocycles. The van der Waals surface area contributed by atoms with E-state index in [-0.39, 0.29) is 36.2 Å². The lowest BCUT2D eigenvalue weighted by molar-refractivity contribution is -0.115. The smallest absolute Gasteiger partial charge is 0.250 e. The van der Waals surface area contributed by atoms with Crippen LogP contribution in [0.25, 0.3) is 0 Å². The Bertz CT molecular complexity index is 1410. The number of carbonyl (C=O) groups is 1. The van der Waals surface area contributed by atoms with Gasteiger partial charge in [-0.2, -0.15) is 4.98 Å². The van der Waals surface area contributed by atoms with E-state index in [9.17, 15) is 9.18 Å². The van der Waals surface area contributed by atoms with Gasteiger partial charge in [0.1, 0.15) is 5.82 Å². The number of hydrogen-bond donors (Lipinski definition) is 2. The fourth-order valence-corrected chi connectivity index (χ4v) is 4.58. The minimum atomic E-state index is -0.311. The number of methoxy groups -OCH3 is 2. The highest BCUT2D eigenvalue weighted by atomic mass is 35.5. The SMILES string of the molecule is COc1ccc(CC(=O)Nc2nc3n(n2)C(c2ccc(F)cc2)CC(c2ccc(Cl)cc2)N3)cc1OC. The second-order valence-electron chi connectivity index (χ2n) is 8.67. The van der Waals surface area contributed by atoms with E-state index in [2.05, 4.69) is 20.7 Å². The van der Waals surface area contributed by atoms with Crippen LogP contribution in [0.3, 0.4) is 0 Å². The average molecular weight is 522 g/mol. The van der Waals surface area contributed by atoms with Crippen LogP contribution in [0.15, 0.2) is 66.7 Å². The zero-order chi connectivity index (χ0) is 25.9. The highest BCUT2D eigenvalue weighted by Crippen LogP contribution is 2.38. The van der Waals surface area contributed by atoms with Crippen molar-refractivity contribution in [2.45, 2.75) is 24.9 Å². The van der Waals surface area contributed by atoms with Gasteiger partial charge in [-0.15, -0.1) is 5.10 Å². The molecule has 2 atom stereocenters. The quantitative estimate of drug-likeness (QED) is 0.338. The number of anilines is 2. The van der Waals surface area contributed by atoms with Gasteiger partial charge in [0.15, 0.2) is 11.5 Å². The van der Waals surface area contributed by atoms with Crippen LogP contribution in [0.1, 0.15) is 35.2 Å². The van der Waals surface area contributed by atoms with Gasteiger partial charge >= 0.3 is 0 Å². The molecule has 0 bridgehead atoms. The predicted molar refractivity (Wildman–Crippen MR) is 139 cm³/mol.